The maximum atomic E-state index is 6.22. The van der Waals surface area contributed by atoms with E-state index in [1.54, 1.807) is 10.7 Å². The number of hydrogen-bond donors (Lipinski definition) is 0. The summed E-state index contributed by atoms with van der Waals surface area (Å²) in [4.78, 5) is 0. The Balaban J connectivity index is 1.97. The van der Waals surface area contributed by atoms with Crippen molar-refractivity contribution in [1.82, 2.24) is 20.2 Å². The molecule has 3 aromatic rings. The van der Waals surface area contributed by atoms with Crippen LogP contribution in [0.4, 0.5) is 0 Å². The summed E-state index contributed by atoms with van der Waals surface area (Å²) in [6.07, 6.45) is 0. The molecule has 1 heterocycles. The van der Waals surface area contributed by atoms with Crippen LogP contribution in [-0.2, 0) is 6.54 Å². The van der Waals surface area contributed by atoms with E-state index >= 15 is 0 Å². The first kappa shape index (κ1) is 14.3. The third-order valence-electron chi connectivity index (χ3n) is 2.97. The van der Waals surface area contributed by atoms with Crippen molar-refractivity contribution in [1.29, 1.82) is 0 Å². The Bertz CT molecular complexity index is 768. The van der Waals surface area contributed by atoms with Crippen LogP contribution in [0.2, 0.25) is 15.1 Å². The Morgan fingerprint density at radius 2 is 1.71 bits per heavy atom. The number of halogens is 3. The second-order valence-electron chi connectivity index (χ2n) is 4.39. The van der Waals surface area contributed by atoms with Crippen molar-refractivity contribution in [2.75, 3.05) is 0 Å². The van der Waals surface area contributed by atoms with E-state index in [0.29, 0.717) is 33.0 Å². The number of hydrogen-bond acceptors (Lipinski definition) is 3. The van der Waals surface area contributed by atoms with Crippen molar-refractivity contribution in [3.63, 3.8) is 0 Å². The van der Waals surface area contributed by atoms with E-state index in [4.69, 9.17) is 34.8 Å². The predicted octanol–water partition coefficient (Wildman–Crippen LogP) is 4.35. The molecule has 0 fully saturated rings. The van der Waals surface area contributed by atoms with Crippen LogP contribution in [0.25, 0.3) is 11.4 Å². The zero-order valence-electron chi connectivity index (χ0n) is 10.7. The molecule has 0 spiro atoms. The third kappa shape index (κ3) is 3.02. The molecule has 0 saturated heterocycles. The van der Waals surface area contributed by atoms with Gasteiger partial charge in [0.15, 0.2) is 5.82 Å². The Morgan fingerprint density at radius 1 is 0.952 bits per heavy atom. The van der Waals surface area contributed by atoms with Crippen LogP contribution in [0.15, 0.2) is 42.5 Å². The SMILES string of the molecule is Clc1ccc(Cn2nnnc2-c2cccc(Cl)c2Cl)cc1. The molecule has 3 rings (SSSR count). The minimum atomic E-state index is 0.436. The van der Waals surface area contributed by atoms with Gasteiger partial charge in [-0.15, -0.1) is 5.10 Å². The third-order valence-corrected chi connectivity index (χ3v) is 4.04. The summed E-state index contributed by atoms with van der Waals surface area (Å²) in [6.45, 7) is 0.516. The van der Waals surface area contributed by atoms with Crippen LogP contribution >= 0.6 is 34.8 Å². The van der Waals surface area contributed by atoms with Crippen molar-refractivity contribution in [3.05, 3.63) is 63.1 Å². The second kappa shape index (κ2) is 6.02. The molecule has 0 aliphatic carbocycles. The Morgan fingerprint density at radius 3 is 2.48 bits per heavy atom. The molecule has 4 nitrogen and oxygen atoms in total. The fourth-order valence-corrected chi connectivity index (χ4v) is 2.45. The molecule has 0 unspecified atom stereocenters. The van der Waals surface area contributed by atoms with Gasteiger partial charge in [-0.05, 0) is 40.3 Å². The van der Waals surface area contributed by atoms with Gasteiger partial charge in [-0.1, -0.05) is 53.0 Å². The van der Waals surface area contributed by atoms with Gasteiger partial charge in [0.1, 0.15) is 0 Å². The summed E-state index contributed by atoms with van der Waals surface area (Å²) in [5, 5.41) is 13.3. The topological polar surface area (TPSA) is 43.6 Å². The normalized spacial score (nSPS) is 10.8. The van der Waals surface area contributed by atoms with E-state index in [1.807, 2.05) is 36.4 Å². The zero-order valence-corrected chi connectivity index (χ0v) is 12.9. The molecular formula is C14H9Cl3N4. The molecule has 0 aliphatic heterocycles. The van der Waals surface area contributed by atoms with Gasteiger partial charge in [-0.3, -0.25) is 0 Å². The first-order valence-corrected chi connectivity index (χ1v) is 7.23. The number of benzene rings is 2. The lowest BCUT2D eigenvalue weighted by Crippen LogP contribution is -2.04. The Kier molecular flexibility index (Phi) is 4.10. The van der Waals surface area contributed by atoms with Gasteiger partial charge in [0.25, 0.3) is 0 Å². The summed E-state index contributed by atoms with van der Waals surface area (Å²) < 4.78 is 1.67. The summed E-state index contributed by atoms with van der Waals surface area (Å²) in [6, 6.07) is 12.9. The Hall–Kier alpha value is -1.62. The van der Waals surface area contributed by atoms with E-state index in [0.717, 1.165) is 5.56 Å². The van der Waals surface area contributed by atoms with Gasteiger partial charge in [0, 0.05) is 10.6 Å². The van der Waals surface area contributed by atoms with E-state index in [1.165, 1.54) is 0 Å². The quantitative estimate of drug-likeness (QED) is 0.712. The van der Waals surface area contributed by atoms with Crippen LogP contribution in [0.3, 0.4) is 0 Å². The summed E-state index contributed by atoms with van der Waals surface area (Å²) >= 11 is 18.1. The average Bonchev–Trinajstić information content (AvgIpc) is 2.92. The highest BCUT2D eigenvalue weighted by molar-refractivity contribution is 6.43. The molecule has 0 bridgehead atoms. The minimum absolute atomic E-state index is 0.436. The maximum absolute atomic E-state index is 6.22. The van der Waals surface area contributed by atoms with Crippen LogP contribution in [-0.4, -0.2) is 20.2 Å². The molecule has 0 N–H and O–H groups in total. The summed E-state index contributed by atoms with van der Waals surface area (Å²) in [5.41, 5.74) is 1.73. The second-order valence-corrected chi connectivity index (χ2v) is 5.61. The lowest BCUT2D eigenvalue weighted by atomic mass is 10.2. The first-order valence-electron chi connectivity index (χ1n) is 6.10. The molecule has 0 amide bonds. The van der Waals surface area contributed by atoms with Crippen molar-refractivity contribution >= 4 is 34.8 Å². The van der Waals surface area contributed by atoms with Crippen LogP contribution in [0, 0.1) is 0 Å². The first-order chi connectivity index (χ1) is 10.1. The predicted molar refractivity (Wildman–Crippen MR) is 83.8 cm³/mol. The van der Waals surface area contributed by atoms with Crippen LogP contribution in [0.1, 0.15) is 5.56 Å². The van der Waals surface area contributed by atoms with E-state index in [-0.39, 0.29) is 0 Å². The van der Waals surface area contributed by atoms with Gasteiger partial charge in [0.05, 0.1) is 16.6 Å². The van der Waals surface area contributed by atoms with Crippen molar-refractivity contribution in [3.8, 4) is 11.4 Å². The van der Waals surface area contributed by atoms with Gasteiger partial charge in [-0.2, -0.15) is 0 Å². The summed E-state index contributed by atoms with van der Waals surface area (Å²) in [7, 11) is 0. The van der Waals surface area contributed by atoms with E-state index < -0.39 is 0 Å². The lowest BCUT2D eigenvalue weighted by Gasteiger charge is -2.07. The monoisotopic (exact) mass is 338 g/mol. The number of tetrazole rings is 1. The molecule has 21 heavy (non-hydrogen) atoms. The largest absolute Gasteiger partial charge is 0.221 e. The van der Waals surface area contributed by atoms with Crippen LogP contribution < -0.4 is 0 Å². The van der Waals surface area contributed by atoms with E-state index in [9.17, 15) is 0 Å². The fraction of sp³-hybridized carbons (Fsp3) is 0.0714. The standard InChI is InChI=1S/C14H9Cl3N4/c15-10-6-4-9(5-7-10)8-21-14(18-19-20-21)11-2-1-3-12(16)13(11)17/h1-7H,8H2. The van der Waals surface area contributed by atoms with Crippen molar-refractivity contribution in [2.45, 2.75) is 6.54 Å². The summed E-state index contributed by atoms with van der Waals surface area (Å²) in [5.74, 6) is 0.567. The maximum Gasteiger partial charge on any atom is 0.183 e. The molecule has 0 radical (unpaired) electrons. The van der Waals surface area contributed by atoms with Gasteiger partial charge >= 0.3 is 0 Å². The zero-order chi connectivity index (χ0) is 14.8. The lowest BCUT2D eigenvalue weighted by molar-refractivity contribution is 0.653. The molecule has 106 valence electrons. The van der Waals surface area contributed by atoms with E-state index in [2.05, 4.69) is 15.5 Å². The van der Waals surface area contributed by atoms with Gasteiger partial charge in [0.2, 0.25) is 0 Å². The molecule has 0 saturated carbocycles. The van der Waals surface area contributed by atoms with Crippen molar-refractivity contribution < 1.29 is 0 Å². The van der Waals surface area contributed by atoms with Crippen molar-refractivity contribution in [2.24, 2.45) is 0 Å². The number of rotatable bonds is 3. The highest BCUT2D eigenvalue weighted by Gasteiger charge is 2.14. The van der Waals surface area contributed by atoms with Gasteiger partial charge in [-0.25, -0.2) is 4.68 Å². The molecule has 0 aliphatic rings. The highest BCUT2D eigenvalue weighted by Crippen LogP contribution is 2.32. The molecule has 0 atom stereocenters. The molecule has 2 aromatic carbocycles. The fourth-order valence-electron chi connectivity index (χ4n) is 1.94. The molecule has 7 heteroatoms. The Labute approximate surface area is 136 Å². The minimum Gasteiger partial charge on any atom is -0.221 e. The van der Waals surface area contributed by atoms with Gasteiger partial charge < -0.3 is 0 Å². The molecular weight excluding hydrogens is 331 g/mol. The highest BCUT2D eigenvalue weighted by atomic mass is 35.5. The number of nitrogens with zero attached hydrogens (tertiary/aromatic N) is 4. The molecule has 1 aromatic heterocycles. The van der Waals surface area contributed by atoms with Crippen LogP contribution in [0.5, 0.6) is 0 Å². The number of aromatic nitrogens is 4. The smallest absolute Gasteiger partial charge is 0.183 e. The average molecular weight is 340 g/mol.